The van der Waals surface area contributed by atoms with Crippen molar-refractivity contribution in [2.24, 2.45) is 5.41 Å². The first kappa shape index (κ1) is 14.2. The molecule has 1 N–H and O–H groups in total. The van der Waals surface area contributed by atoms with Crippen molar-refractivity contribution < 1.29 is 14.4 Å². The second kappa shape index (κ2) is 5.07. The number of carbonyl (C=O) groups is 3. The molecule has 0 saturated carbocycles. The lowest BCUT2D eigenvalue weighted by molar-refractivity contribution is -0.143. The number of amides is 4. The highest BCUT2D eigenvalue weighted by Crippen LogP contribution is 2.34. The fraction of sp³-hybridized carbons (Fsp3) is 0.400. The van der Waals surface area contributed by atoms with E-state index in [1.165, 1.54) is 0 Å². The van der Waals surface area contributed by atoms with E-state index >= 15 is 0 Å². The predicted octanol–water partition coefficient (Wildman–Crippen LogP) is 2.38. The first-order chi connectivity index (χ1) is 9.46. The Kier molecular flexibility index (Phi) is 3.61. The van der Waals surface area contributed by atoms with Gasteiger partial charge in [-0.05, 0) is 31.9 Å². The quantitative estimate of drug-likeness (QED) is 0.860. The molecule has 0 atom stereocenters. The molecular weight excluding hydrogens is 256 g/mol. The van der Waals surface area contributed by atoms with Crippen LogP contribution >= 0.6 is 0 Å². The molecule has 5 nitrogen and oxygen atoms in total. The molecule has 0 aromatic heterocycles. The number of urea groups is 1. The molecule has 106 valence electrons. The van der Waals surface area contributed by atoms with Crippen LogP contribution in [0.5, 0.6) is 0 Å². The van der Waals surface area contributed by atoms with Crippen molar-refractivity contribution >= 4 is 23.5 Å². The summed E-state index contributed by atoms with van der Waals surface area (Å²) < 4.78 is 0. The van der Waals surface area contributed by atoms with Gasteiger partial charge in [0.25, 0.3) is 5.91 Å². The van der Waals surface area contributed by atoms with E-state index in [1.807, 2.05) is 19.1 Å². The van der Waals surface area contributed by atoms with E-state index in [4.69, 9.17) is 0 Å². The van der Waals surface area contributed by atoms with Gasteiger partial charge >= 0.3 is 6.03 Å². The number of nitrogens with one attached hydrogen (secondary N) is 1. The molecule has 1 heterocycles. The molecule has 5 heteroatoms. The maximum absolute atomic E-state index is 12.7. The molecular formula is C15H18N2O3. The molecule has 4 amide bonds. The summed E-state index contributed by atoms with van der Waals surface area (Å²) in [5.74, 6) is -0.944. The van der Waals surface area contributed by atoms with Crippen molar-refractivity contribution in [2.75, 3.05) is 4.90 Å². The fourth-order valence-electron chi connectivity index (χ4n) is 2.48. The lowest BCUT2D eigenvalue weighted by atomic mass is 9.78. The third-order valence-corrected chi connectivity index (χ3v) is 3.97. The van der Waals surface area contributed by atoms with Crippen LogP contribution in [0.15, 0.2) is 24.3 Å². The van der Waals surface area contributed by atoms with Crippen LogP contribution in [0, 0.1) is 12.3 Å². The van der Waals surface area contributed by atoms with E-state index in [0.29, 0.717) is 18.5 Å². The smallest absolute Gasteiger partial charge is 0.276 e. The van der Waals surface area contributed by atoms with Crippen LogP contribution in [0.25, 0.3) is 0 Å². The van der Waals surface area contributed by atoms with Crippen LogP contribution < -0.4 is 10.2 Å². The van der Waals surface area contributed by atoms with E-state index < -0.39 is 23.3 Å². The largest absolute Gasteiger partial charge is 0.335 e. The Balaban J connectivity index is 2.47. The number of hydrogen-bond acceptors (Lipinski definition) is 3. The van der Waals surface area contributed by atoms with Crippen molar-refractivity contribution in [1.29, 1.82) is 0 Å². The molecule has 1 aromatic rings. The van der Waals surface area contributed by atoms with Crippen molar-refractivity contribution in [3.05, 3.63) is 29.8 Å². The molecule has 0 radical (unpaired) electrons. The van der Waals surface area contributed by atoms with Crippen LogP contribution in [0.3, 0.4) is 0 Å². The summed E-state index contributed by atoms with van der Waals surface area (Å²) in [6.07, 6.45) is 0.730. The van der Waals surface area contributed by atoms with Gasteiger partial charge in [-0.2, -0.15) is 0 Å². The number of aryl methyl sites for hydroxylation is 1. The number of anilines is 1. The van der Waals surface area contributed by atoms with E-state index in [2.05, 4.69) is 5.32 Å². The number of imide groups is 2. The standard InChI is InChI=1S/C15H18N2O3/c1-4-15(5-2)12(18)16-14(20)17(13(15)19)11-8-6-10(3)7-9-11/h6-9H,4-5H2,1-3H3,(H,16,18,20). The first-order valence-corrected chi connectivity index (χ1v) is 6.73. The van der Waals surface area contributed by atoms with Gasteiger partial charge < -0.3 is 0 Å². The minimum Gasteiger partial charge on any atom is -0.276 e. The fourth-order valence-corrected chi connectivity index (χ4v) is 2.48. The Morgan fingerprint density at radius 1 is 1.05 bits per heavy atom. The Bertz CT molecular complexity index is 559. The lowest BCUT2D eigenvalue weighted by Gasteiger charge is -2.38. The molecule has 0 spiro atoms. The Morgan fingerprint density at radius 2 is 1.60 bits per heavy atom. The summed E-state index contributed by atoms with van der Waals surface area (Å²) in [7, 11) is 0. The average Bonchev–Trinajstić information content (AvgIpc) is 2.42. The zero-order chi connectivity index (χ0) is 14.9. The van der Waals surface area contributed by atoms with E-state index in [9.17, 15) is 14.4 Å². The molecule has 1 fully saturated rings. The number of benzene rings is 1. The van der Waals surface area contributed by atoms with Crippen LogP contribution in [0.4, 0.5) is 10.5 Å². The van der Waals surface area contributed by atoms with E-state index in [0.717, 1.165) is 10.5 Å². The molecule has 1 aromatic carbocycles. The summed E-state index contributed by atoms with van der Waals surface area (Å²) in [4.78, 5) is 37.8. The highest BCUT2D eigenvalue weighted by molar-refractivity contribution is 6.29. The SMILES string of the molecule is CCC1(CC)C(=O)NC(=O)N(c2ccc(C)cc2)C1=O. The van der Waals surface area contributed by atoms with Crippen LogP contribution in [-0.4, -0.2) is 17.8 Å². The van der Waals surface area contributed by atoms with Gasteiger partial charge in [0, 0.05) is 0 Å². The van der Waals surface area contributed by atoms with Gasteiger partial charge in [-0.3, -0.25) is 14.9 Å². The van der Waals surface area contributed by atoms with Gasteiger partial charge in [0.05, 0.1) is 5.69 Å². The van der Waals surface area contributed by atoms with Gasteiger partial charge in [-0.1, -0.05) is 31.5 Å². The monoisotopic (exact) mass is 274 g/mol. The zero-order valence-corrected chi connectivity index (χ0v) is 11.9. The van der Waals surface area contributed by atoms with Crippen LogP contribution in [-0.2, 0) is 9.59 Å². The molecule has 1 aliphatic rings. The number of rotatable bonds is 3. The second-order valence-electron chi connectivity index (χ2n) is 5.02. The van der Waals surface area contributed by atoms with Crippen LogP contribution in [0.2, 0.25) is 0 Å². The average molecular weight is 274 g/mol. The molecule has 1 aliphatic heterocycles. The molecule has 20 heavy (non-hydrogen) atoms. The Morgan fingerprint density at radius 3 is 2.10 bits per heavy atom. The van der Waals surface area contributed by atoms with E-state index in [1.54, 1.807) is 26.0 Å². The molecule has 0 unspecified atom stereocenters. The second-order valence-corrected chi connectivity index (χ2v) is 5.02. The van der Waals surface area contributed by atoms with Crippen LogP contribution in [0.1, 0.15) is 32.3 Å². The number of barbiturate groups is 1. The maximum atomic E-state index is 12.7. The third kappa shape index (κ3) is 1.99. The number of nitrogens with zero attached hydrogens (tertiary/aromatic N) is 1. The maximum Gasteiger partial charge on any atom is 0.335 e. The van der Waals surface area contributed by atoms with Gasteiger partial charge in [0.15, 0.2) is 0 Å². The molecule has 2 rings (SSSR count). The third-order valence-electron chi connectivity index (χ3n) is 3.97. The number of hydrogen-bond donors (Lipinski definition) is 1. The van der Waals surface area contributed by atoms with Crippen molar-refractivity contribution in [1.82, 2.24) is 5.32 Å². The summed E-state index contributed by atoms with van der Waals surface area (Å²) >= 11 is 0. The molecule has 1 saturated heterocycles. The highest BCUT2D eigenvalue weighted by Gasteiger charge is 2.51. The Labute approximate surface area is 118 Å². The van der Waals surface area contributed by atoms with E-state index in [-0.39, 0.29) is 0 Å². The predicted molar refractivity (Wildman–Crippen MR) is 75.2 cm³/mol. The van der Waals surface area contributed by atoms with Gasteiger partial charge in [0.1, 0.15) is 5.41 Å². The summed E-state index contributed by atoms with van der Waals surface area (Å²) in [6, 6.07) is 6.39. The number of carbonyl (C=O) groups excluding carboxylic acids is 3. The minimum atomic E-state index is -1.15. The zero-order valence-electron chi connectivity index (χ0n) is 11.9. The van der Waals surface area contributed by atoms with Crippen molar-refractivity contribution in [3.8, 4) is 0 Å². The topological polar surface area (TPSA) is 66.5 Å². The normalized spacial score (nSPS) is 18.1. The van der Waals surface area contributed by atoms with Crippen molar-refractivity contribution in [3.63, 3.8) is 0 Å². The summed E-state index contributed by atoms with van der Waals surface area (Å²) in [5, 5.41) is 2.29. The first-order valence-electron chi connectivity index (χ1n) is 6.73. The van der Waals surface area contributed by atoms with Gasteiger partial charge in [-0.15, -0.1) is 0 Å². The lowest BCUT2D eigenvalue weighted by Crippen LogP contribution is -2.63. The van der Waals surface area contributed by atoms with Gasteiger partial charge in [0.2, 0.25) is 5.91 Å². The molecule has 0 aliphatic carbocycles. The van der Waals surface area contributed by atoms with Gasteiger partial charge in [-0.25, -0.2) is 9.69 Å². The highest BCUT2D eigenvalue weighted by atomic mass is 16.2. The summed E-state index contributed by atoms with van der Waals surface area (Å²) in [6.45, 7) is 5.49. The van der Waals surface area contributed by atoms with Crippen molar-refractivity contribution in [2.45, 2.75) is 33.6 Å². The minimum absolute atomic E-state index is 0.365. The Hall–Kier alpha value is -2.17. The molecule has 0 bridgehead atoms. The summed E-state index contributed by atoms with van der Waals surface area (Å²) in [5.41, 5.74) is 0.363.